The van der Waals surface area contributed by atoms with Gasteiger partial charge in [0.2, 0.25) is 0 Å². The van der Waals surface area contributed by atoms with E-state index in [0.717, 1.165) is 5.39 Å². The summed E-state index contributed by atoms with van der Waals surface area (Å²) >= 11 is 0. The van der Waals surface area contributed by atoms with E-state index in [1.807, 2.05) is 6.07 Å². The Morgan fingerprint density at radius 3 is 2.50 bits per heavy atom. The highest BCUT2D eigenvalue weighted by Crippen LogP contribution is 2.24. The molecule has 0 radical (unpaired) electrons. The van der Waals surface area contributed by atoms with Gasteiger partial charge in [-0.3, -0.25) is 4.79 Å². The normalized spacial score (nSPS) is 11.6. The van der Waals surface area contributed by atoms with E-state index in [1.54, 1.807) is 39.0 Å². The Labute approximate surface area is 116 Å². The van der Waals surface area contributed by atoms with Gasteiger partial charge in [0.1, 0.15) is 11.3 Å². The molecule has 106 valence electrons. The van der Waals surface area contributed by atoms with Crippen LogP contribution < -0.4 is 0 Å². The van der Waals surface area contributed by atoms with Crippen LogP contribution in [0.5, 0.6) is 0 Å². The van der Waals surface area contributed by atoms with Crippen molar-refractivity contribution in [1.29, 1.82) is 0 Å². The number of carbonyl (C=O) groups excluding carboxylic acids is 1. The maximum absolute atomic E-state index is 11.9. The van der Waals surface area contributed by atoms with E-state index in [2.05, 4.69) is 4.98 Å². The van der Waals surface area contributed by atoms with E-state index < -0.39 is 17.5 Å². The number of rotatable bonds is 3. The number of para-hydroxylation sites is 1. The minimum absolute atomic E-state index is 0.0389. The number of carboxylic acids is 1. The molecule has 0 amide bonds. The molecule has 0 spiro atoms. The third-order valence-electron chi connectivity index (χ3n) is 2.77. The van der Waals surface area contributed by atoms with Gasteiger partial charge in [-0.1, -0.05) is 18.2 Å². The molecule has 5 nitrogen and oxygen atoms in total. The number of fused-ring (bicyclic) bond motifs is 1. The lowest BCUT2D eigenvalue weighted by Gasteiger charge is -2.19. The molecule has 0 aliphatic carbocycles. The van der Waals surface area contributed by atoms with Gasteiger partial charge in [-0.05, 0) is 26.8 Å². The summed E-state index contributed by atoms with van der Waals surface area (Å²) in [5.74, 6) is -1.52. The highest BCUT2D eigenvalue weighted by atomic mass is 16.6. The molecule has 5 heteroatoms. The number of ether oxygens (including phenoxy) is 1. The second-order valence-electron chi connectivity index (χ2n) is 5.59. The first-order valence-corrected chi connectivity index (χ1v) is 6.32. The molecule has 1 heterocycles. The first kappa shape index (κ1) is 14.1. The number of aromatic amines is 1. The van der Waals surface area contributed by atoms with Gasteiger partial charge in [0.05, 0.1) is 6.42 Å². The highest BCUT2D eigenvalue weighted by Gasteiger charge is 2.22. The molecule has 0 bridgehead atoms. The number of carboxylic acid groups (broad SMARTS) is 1. The molecule has 0 atom stereocenters. The minimum atomic E-state index is -1.08. The van der Waals surface area contributed by atoms with Crippen LogP contribution in [0.3, 0.4) is 0 Å². The monoisotopic (exact) mass is 275 g/mol. The SMILES string of the molecule is CC(C)(C)OC(=O)Cc1c(C(=O)O)[nH]c2ccccc12. The van der Waals surface area contributed by atoms with Gasteiger partial charge in [0, 0.05) is 16.5 Å². The van der Waals surface area contributed by atoms with Crippen molar-refractivity contribution in [3.63, 3.8) is 0 Å². The van der Waals surface area contributed by atoms with Gasteiger partial charge in [-0.2, -0.15) is 0 Å². The van der Waals surface area contributed by atoms with E-state index >= 15 is 0 Å². The molecule has 20 heavy (non-hydrogen) atoms. The van der Waals surface area contributed by atoms with Crippen LogP contribution in [-0.2, 0) is 16.0 Å². The fourth-order valence-corrected chi connectivity index (χ4v) is 2.09. The van der Waals surface area contributed by atoms with Crippen LogP contribution in [0.15, 0.2) is 24.3 Å². The zero-order valence-corrected chi connectivity index (χ0v) is 11.7. The smallest absolute Gasteiger partial charge is 0.352 e. The Kier molecular flexibility index (Phi) is 3.53. The first-order chi connectivity index (χ1) is 9.28. The number of benzene rings is 1. The maximum atomic E-state index is 11.9. The van der Waals surface area contributed by atoms with Crippen LogP contribution in [0.2, 0.25) is 0 Å². The van der Waals surface area contributed by atoms with Crippen molar-refractivity contribution in [3.05, 3.63) is 35.5 Å². The van der Waals surface area contributed by atoms with Crippen LogP contribution >= 0.6 is 0 Å². The van der Waals surface area contributed by atoms with Crippen LogP contribution in [0, 0.1) is 0 Å². The molecule has 0 fully saturated rings. The number of nitrogens with one attached hydrogen (secondary N) is 1. The first-order valence-electron chi connectivity index (χ1n) is 6.32. The summed E-state index contributed by atoms with van der Waals surface area (Å²) < 4.78 is 5.25. The molecule has 1 aromatic heterocycles. The van der Waals surface area contributed by atoms with Crippen molar-refractivity contribution in [3.8, 4) is 0 Å². The van der Waals surface area contributed by atoms with Crippen molar-refractivity contribution < 1.29 is 19.4 Å². The third kappa shape index (κ3) is 2.99. The molecule has 1 aromatic carbocycles. The summed E-state index contributed by atoms with van der Waals surface area (Å²) in [6.07, 6.45) is -0.0666. The molecule has 2 aromatic rings. The number of aromatic carboxylic acids is 1. The second-order valence-corrected chi connectivity index (χ2v) is 5.59. The van der Waals surface area contributed by atoms with Crippen molar-refractivity contribution in [1.82, 2.24) is 4.98 Å². The standard InChI is InChI=1S/C15H17NO4/c1-15(2,3)20-12(17)8-10-9-6-4-5-7-11(9)16-13(10)14(18)19/h4-7,16H,8H2,1-3H3,(H,18,19). The number of aromatic nitrogens is 1. The Bertz CT molecular complexity index is 664. The minimum Gasteiger partial charge on any atom is -0.477 e. The summed E-state index contributed by atoms with van der Waals surface area (Å²) in [6.45, 7) is 5.33. The number of hydrogen-bond acceptors (Lipinski definition) is 3. The topological polar surface area (TPSA) is 79.4 Å². The highest BCUT2D eigenvalue weighted by molar-refractivity contribution is 5.99. The zero-order valence-electron chi connectivity index (χ0n) is 11.7. The van der Waals surface area contributed by atoms with Gasteiger partial charge in [-0.15, -0.1) is 0 Å². The molecular formula is C15H17NO4. The molecule has 2 rings (SSSR count). The van der Waals surface area contributed by atoms with Crippen LogP contribution in [0.4, 0.5) is 0 Å². The lowest BCUT2D eigenvalue weighted by molar-refractivity contribution is -0.153. The van der Waals surface area contributed by atoms with Crippen LogP contribution in [0.1, 0.15) is 36.8 Å². The predicted octanol–water partition coefficient (Wildman–Crippen LogP) is 2.75. The van der Waals surface area contributed by atoms with Crippen LogP contribution in [-0.4, -0.2) is 27.6 Å². The zero-order chi connectivity index (χ0) is 14.9. The summed E-state index contributed by atoms with van der Waals surface area (Å²) in [4.78, 5) is 26.0. The van der Waals surface area contributed by atoms with Gasteiger partial charge in [-0.25, -0.2) is 4.79 Å². The lowest BCUT2D eigenvalue weighted by Crippen LogP contribution is -2.25. The van der Waals surface area contributed by atoms with Crippen molar-refractivity contribution in [2.45, 2.75) is 32.8 Å². The van der Waals surface area contributed by atoms with E-state index in [0.29, 0.717) is 11.1 Å². The lowest BCUT2D eigenvalue weighted by atomic mass is 10.1. The molecule has 0 saturated carbocycles. The Hall–Kier alpha value is -2.30. The molecule has 0 saturated heterocycles. The molecular weight excluding hydrogens is 258 g/mol. The summed E-state index contributed by atoms with van der Waals surface area (Å²) in [7, 11) is 0. The number of H-pyrrole nitrogens is 1. The summed E-state index contributed by atoms with van der Waals surface area (Å²) in [5, 5.41) is 9.96. The number of esters is 1. The summed E-state index contributed by atoms with van der Waals surface area (Å²) in [6, 6.07) is 7.18. The average molecular weight is 275 g/mol. The third-order valence-corrected chi connectivity index (χ3v) is 2.77. The molecule has 0 unspecified atom stereocenters. The number of hydrogen-bond donors (Lipinski definition) is 2. The van der Waals surface area contributed by atoms with Gasteiger partial charge < -0.3 is 14.8 Å². The Balaban J connectivity index is 2.39. The van der Waals surface area contributed by atoms with Crippen LogP contribution in [0.25, 0.3) is 10.9 Å². The van der Waals surface area contributed by atoms with E-state index in [9.17, 15) is 14.7 Å². The van der Waals surface area contributed by atoms with E-state index in [-0.39, 0.29) is 12.1 Å². The number of carbonyl (C=O) groups is 2. The largest absolute Gasteiger partial charge is 0.477 e. The molecule has 2 N–H and O–H groups in total. The Morgan fingerprint density at radius 2 is 1.90 bits per heavy atom. The average Bonchev–Trinajstić information content (AvgIpc) is 2.66. The Morgan fingerprint density at radius 1 is 1.25 bits per heavy atom. The van der Waals surface area contributed by atoms with Gasteiger partial charge in [0.15, 0.2) is 0 Å². The maximum Gasteiger partial charge on any atom is 0.352 e. The van der Waals surface area contributed by atoms with Crippen molar-refractivity contribution in [2.24, 2.45) is 0 Å². The van der Waals surface area contributed by atoms with Crippen molar-refractivity contribution >= 4 is 22.8 Å². The molecule has 0 aliphatic heterocycles. The fraction of sp³-hybridized carbons (Fsp3) is 0.333. The van der Waals surface area contributed by atoms with Crippen molar-refractivity contribution in [2.75, 3.05) is 0 Å². The van der Waals surface area contributed by atoms with Gasteiger partial charge in [0.25, 0.3) is 0 Å². The van der Waals surface area contributed by atoms with E-state index in [1.165, 1.54) is 0 Å². The quantitative estimate of drug-likeness (QED) is 0.844. The fourth-order valence-electron chi connectivity index (χ4n) is 2.09. The van der Waals surface area contributed by atoms with Gasteiger partial charge >= 0.3 is 11.9 Å². The van der Waals surface area contributed by atoms with E-state index in [4.69, 9.17) is 4.74 Å². The molecule has 0 aliphatic rings. The second kappa shape index (κ2) is 5.00. The predicted molar refractivity (Wildman–Crippen MR) is 74.8 cm³/mol. The summed E-state index contributed by atoms with van der Waals surface area (Å²) in [5.41, 5.74) is 0.606.